The lowest BCUT2D eigenvalue weighted by atomic mass is 9.80. The summed E-state index contributed by atoms with van der Waals surface area (Å²) in [5.41, 5.74) is -0.253. The molecule has 0 spiro atoms. The standard InChI is InChI=1S/C20H29ClN2O4/c1-13-14(9-8-10-15(13)21)20(22-16(24)26-18(2,3)4)11-23(12-20)17(25)27-19(5,6)7/h8-10H,11-12H2,1-7H3,(H,22,24). The lowest BCUT2D eigenvalue weighted by molar-refractivity contribution is -0.0231. The van der Waals surface area contributed by atoms with E-state index in [2.05, 4.69) is 5.32 Å². The van der Waals surface area contributed by atoms with E-state index in [0.29, 0.717) is 5.02 Å². The quantitative estimate of drug-likeness (QED) is 0.791. The highest BCUT2D eigenvalue weighted by molar-refractivity contribution is 6.31. The minimum absolute atomic E-state index is 0.280. The van der Waals surface area contributed by atoms with Crippen LogP contribution in [0.2, 0.25) is 5.02 Å². The van der Waals surface area contributed by atoms with Gasteiger partial charge >= 0.3 is 12.2 Å². The van der Waals surface area contributed by atoms with Crippen molar-refractivity contribution in [3.8, 4) is 0 Å². The number of ether oxygens (including phenoxy) is 2. The van der Waals surface area contributed by atoms with E-state index in [1.807, 2.05) is 39.8 Å². The zero-order chi connectivity index (χ0) is 20.6. The van der Waals surface area contributed by atoms with Gasteiger partial charge in [0.1, 0.15) is 16.7 Å². The molecule has 1 saturated heterocycles. The minimum atomic E-state index is -0.770. The number of amides is 2. The van der Waals surface area contributed by atoms with E-state index >= 15 is 0 Å². The second-order valence-electron chi connectivity index (χ2n) is 8.96. The minimum Gasteiger partial charge on any atom is -0.444 e. The van der Waals surface area contributed by atoms with Gasteiger partial charge in [-0.05, 0) is 65.7 Å². The van der Waals surface area contributed by atoms with Crippen LogP contribution in [0.25, 0.3) is 0 Å². The van der Waals surface area contributed by atoms with E-state index in [1.54, 1.807) is 31.7 Å². The third kappa shape index (κ3) is 5.28. The molecule has 1 fully saturated rings. The summed E-state index contributed by atoms with van der Waals surface area (Å²) in [6.45, 7) is 13.3. The Morgan fingerprint density at radius 3 is 2.15 bits per heavy atom. The van der Waals surface area contributed by atoms with Crippen LogP contribution in [0.15, 0.2) is 18.2 Å². The van der Waals surface area contributed by atoms with Gasteiger partial charge in [0.2, 0.25) is 0 Å². The van der Waals surface area contributed by atoms with Crippen molar-refractivity contribution in [3.05, 3.63) is 34.3 Å². The van der Waals surface area contributed by atoms with Gasteiger partial charge in [0.25, 0.3) is 0 Å². The molecule has 0 atom stereocenters. The Labute approximate surface area is 166 Å². The molecule has 1 heterocycles. The van der Waals surface area contributed by atoms with Crippen LogP contribution in [0, 0.1) is 6.92 Å². The van der Waals surface area contributed by atoms with Crippen molar-refractivity contribution in [2.45, 2.75) is 65.2 Å². The van der Waals surface area contributed by atoms with Gasteiger partial charge in [-0.3, -0.25) is 0 Å². The highest BCUT2D eigenvalue weighted by atomic mass is 35.5. The van der Waals surface area contributed by atoms with Gasteiger partial charge in [0.05, 0.1) is 13.1 Å². The first-order valence-corrected chi connectivity index (χ1v) is 9.35. The van der Waals surface area contributed by atoms with E-state index in [0.717, 1.165) is 11.1 Å². The molecule has 2 rings (SSSR count). The molecular weight excluding hydrogens is 368 g/mol. The van der Waals surface area contributed by atoms with Gasteiger partial charge in [-0.25, -0.2) is 9.59 Å². The van der Waals surface area contributed by atoms with Gasteiger partial charge in [-0.2, -0.15) is 0 Å². The van der Waals surface area contributed by atoms with Crippen molar-refractivity contribution < 1.29 is 19.1 Å². The molecule has 0 aromatic heterocycles. The fourth-order valence-corrected chi connectivity index (χ4v) is 3.18. The van der Waals surface area contributed by atoms with Crippen LogP contribution in [-0.4, -0.2) is 41.4 Å². The molecular formula is C20H29ClN2O4. The van der Waals surface area contributed by atoms with Crippen LogP contribution >= 0.6 is 11.6 Å². The van der Waals surface area contributed by atoms with Crippen LogP contribution < -0.4 is 5.32 Å². The van der Waals surface area contributed by atoms with Crippen LogP contribution in [0.3, 0.4) is 0 Å². The molecule has 150 valence electrons. The fraction of sp³-hybridized carbons (Fsp3) is 0.600. The summed E-state index contributed by atoms with van der Waals surface area (Å²) >= 11 is 6.28. The second-order valence-corrected chi connectivity index (χ2v) is 9.36. The van der Waals surface area contributed by atoms with E-state index in [4.69, 9.17) is 21.1 Å². The largest absolute Gasteiger partial charge is 0.444 e. The highest BCUT2D eigenvalue weighted by Crippen LogP contribution is 2.37. The molecule has 0 aliphatic carbocycles. The van der Waals surface area contributed by atoms with Crippen molar-refractivity contribution in [2.75, 3.05) is 13.1 Å². The van der Waals surface area contributed by atoms with Crippen LogP contribution in [0.4, 0.5) is 9.59 Å². The van der Waals surface area contributed by atoms with E-state index in [9.17, 15) is 9.59 Å². The number of carbonyl (C=O) groups excluding carboxylic acids is 2. The maximum atomic E-state index is 12.4. The number of halogens is 1. The van der Waals surface area contributed by atoms with E-state index < -0.39 is 28.9 Å². The predicted molar refractivity (Wildman–Crippen MR) is 105 cm³/mol. The fourth-order valence-electron chi connectivity index (χ4n) is 3.00. The van der Waals surface area contributed by atoms with Crippen molar-refractivity contribution in [2.24, 2.45) is 0 Å². The first-order chi connectivity index (χ1) is 12.2. The lowest BCUT2D eigenvalue weighted by Crippen LogP contribution is -2.69. The molecule has 1 aromatic rings. The summed E-state index contributed by atoms with van der Waals surface area (Å²) in [5.74, 6) is 0. The molecule has 2 amide bonds. The number of carbonyl (C=O) groups is 2. The number of hydrogen-bond acceptors (Lipinski definition) is 4. The van der Waals surface area contributed by atoms with Gasteiger partial charge < -0.3 is 19.7 Å². The molecule has 1 aromatic carbocycles. The summed E-state index contributed by atoms with van der Waals surface area (Å²) < 4.78 is 10.8. The maximum Gasteiger partial charge on any atom is 0.410 e. The molecule has 0 radical (unpaired) electrons. The lowest BCUT2D eigenvalue weighted by Gasteiger charge is -2.50. The molecule has 0 unspecified atom stereocenters. The van der Waals surface area contributed by atoms with Crippen LogP contribution in [0.1, 0.15) is 52.7 Å². The number of rotatable bonds is 2. The van der Waals surface area contributed by atoms with Gasteiger partial charge in [-0.15, -0.1) is 0 Å². The summed E-state index contributed by atoms with van der Waals surface area (Å²) in [5, 5.41) is 3.55. The Bertz CT molecular complexity index is 728. The SMILES string of the molecule is Cc1c(Cl)cccc1C1(NC(=O)OC(C)(C)C)CN(C(=O)OC(C)(C)C)C1. The summed E-state index contributed by atoms with van der Waals surface area (Å²) in [7, 11) is 0. The molecule has 27 heavy (non-hydrogen) atoms. The van der Waals surface area contributed by atoms with E-state index in [1.165, 1.54) is 0 Å². The number of nitrogens with zero attached hydrogens (tertiary/aromatic N) is 1. The monoisotopic (exact) mass is 396 g/mol. The number of benzene rings is 1. The predicted octanol–water partition coefficient (Wildman–Crippen LogP) is 4.62. The summed E-state index contributed by atoms with van der Waals surface area (Å²) in [6.07, 6.45) is -0.950. The Hall–Kier alpha value is -1.95. The Morgan fingerprint density at radius 1 is 1.07 bits per heavy atom. The Morgan fingerprint density at radius 2 is 1.63 bits per heavy atom. The Balaban J connectivity index is 2.26. The van der Waals surface area contributed by atoms with Crippen LogP contribution in [0.5, 0.6) is 0 Å². The second kappa shape index (κ2) is 7.23. The molecule has 7 heteroatoms. The van der Waals surface area contributed by atoms with Gasteiger partial charge in [0, 0.05) is 5.02 Å². The molecule has 0 saturated carbocycles. The number of alkyl carbamates (subject to hydrolysis) is 1. The molecule has 6 nitrogen and oxygen atoms in total. The van der Waals surface area contributed by atoms with Crippen molar-refractivity contribution in [3.63, 3.8) is 0 Å². The molecule has 0 bridgehead atoms. The molecule has 1 aliphatic rings. The number of nitrogens with one attached hydrogen (secondary N) is 1. The van der Waals surface area contributed by atoms with Crippen molar-refractivity contribution in [1.29, 1.82) is 0 Å². The topological polar surface area (TPSA) is 67.9 Å². The maximum absolute atomic E-state index is 12.4. The summed E-state index contributed by atoms with van der Waals surface area (Å²) in [6, 6.07) is 5.54. The van der Waals surface area contributed by atoms with Crippen molar-refractivity contribution >= 4 is 23.8 Å². The van der Waals surface area contributed by atoms with E-state index in [-0.39, 0.29) is 13.1 Å². The van der Waals surface area contributed by atoms with Crippen LogP contribution in [-0.2, 0) is 15.0 Å². The molecule has 1 N–H and O–H groups in total. The highest BCUT2D eigenvalue weighted by Gasteiger charge is 2.50. The normalized spacial score (nSPS) is 16.4. The average Bonchev–Trinajstić information content (AvgIpc) is 2.41. The van der Waals surface area contributed by atoms with Gasteiger partial charge in [-0.1, -0.05) is 23.7 Å². The number of likely N-dealkylation sites (tertiary alicyclic amines) is 1. The third-order valence-electron chi connectivity index (χ3n) is 4.10. The first kappa shape index (κ1) is 21.4. The number of hydrogen-bond donors (Lipinski definition) is 1. The first-order valence-electron chi connectivity index (χ1n) is 8.97. The third-order valence-corrected chi connectivity index (χ3v) is 4.51. The average molecular weight is 397 g/mol. The van der Waals surface area contributed by atoms with Gasteiger partial charge in [0.15, 0.2) is 0 Å². The summed E-state index contributed by atoms with van der Waals surface area (Å²) in [4.78, 5) is 26.4. The van der Waals surface area contributed by atoms with Crippen molar-refractivity contribution in [1.82, 2.24) is 10.2 Å². The zero-order valence-corrected chi connectivity index (χ0v) is 17.9. The zero-order valence-electron chi connectivity index (χ0n) is 17.1. The smallest absolute Gasteiger partial charge is 0.410 e. The Kier molecular flexibility index (Phi) is 5.71. The molecule has 1 aliphatic heterocycles.